The molecule has 1 aliphatic carbocycles. The third kappa shape index (κ3) is 3.04. The molecular formula is C28H28BNO2. The minimum Gasteiger partial charge on any atom is -0.399 e. The van der Waals surface area contributed by atoms with Crippen LogP contribution in [0.2, 0.25) is 0 Å². The summed E-state index contributed by atoms with van der Waals surface area (Å²) in [5.74, 6) is 0. The van der Waals surface area contributed by atoms with Gasteiger partial charge in [0.25, 0.3) is 0 Å². The van der Waals surface area contributed by atoms with Crippen molar-refractivity contribution >= 4 is 12.6 Å². The number of fused-ring (bicyclic) bond motifs is 3. The molecule has 0 N–H and O–H groups in total. The van der Waals surface area contributed by atoms with E-state index < -0.39 is 0 Å². The predicted molar refractivity (Wildman–Crippen MR) is 130 cm³/mol. The quantitative estimate of drug-likeness (QED) is 0.489. The minimum absolute atomic E-state index is 0.132. The van der Waals surface area contributed by atoms with Crippen LogP contribution in [0.3, 0.4) is 0 Å². The van der Waals surface area contributed by atoms with Gasteiger partial charge in [-0.05, 0) is 84.7 Å². The van der Waals surface area contributed by atoms with Crippen LogP contribution in [0.25, 0.3) is 22.3 Å². The molecule has 3 aromatic carbocycles. The van der Waals surface area contributed by atoms with E-state index in [9.17, 15) is 0 Å². The van der Waals surface area contributed by atoms with E-state index in [1.54, 1.807) is 0 Å². The Kier molecular flexibility index (Phi) is 4.47. The van der Waals surface area contributed by atoms with Crippen LogP contribution in [-0.4, -0.2) is 18.3 Å². The Balaban J connectivity index is 1.53. The van der Waals surface area contributed by atoms with Crippen molar-refractivity contribution in [3.05, 3.63) is 77.4 Å². The van der Waals surface area contributed by atoms with Crippen molar-refractivity contribution in [3.63, 3.8) is 0 Å². The standard InChI is InChI=1S/C28H28BNO2/c1-26(2)24-15-20(19-9-7-18(17-30)8-10-19)11-13-22(24)23-14-12-21(16-25(23)26)29-31-27(3,4)28(5,6)32-29/h7-16H,1-6H3. The summed E-state index contributed by atoms with van der Waals surface area (Å²) in [6.07, 6.45) is 0. The minimum atomic E-state index is -0.362. The maximum atomic E-state index is 9.09. The van der Waals surface area contributed by atoms with E-state index in [-0.39, 0.29) is 23.7 Å². The van der Waals surface area contributed by atoms with Gasteiger partial charge in [0.1, 0.15) is 0 Å². The number of nitrogens with zero attached hydrogens (tertiary/aromatic N) is 1. The topological polar surface area (TPSA) is 42.2 Å². The van der Waals surface area contributed by atoms with E-state index in [1.165, 1.54) is 27.8 Å². The molecule has 2 aliphatic rings. The molecule has 1 fully saturated rings. The number of benzene rings is 3. The Morgan fingerprint density at radius 2 is 1.22 bits per heavy atom. The molecule has 0 saturated carbocycles. The molecule has 0 amide bonds. The molecule has 4 heteroatoms. The van der Waals surface area contributed by atoms with Crippen molar-refractivity contribution in [3.8, 4) is 28.3 Å². The maximum Gasteiger partial charge on any atom is 0.494 e. The Morgan fingerprint density at radius 3 is 1.81 bits per heavy atom. The monoisotopic (exact) mass is 421 g/mol. The van der Waals surface area contributed by atoms with Gasteiger partial charge in [-0.1, -0.05) is 56.3 Å². The van der Waals surface area contributed by atoms with E-state index in [4.69, 9.17) is 14.6 Å². The lowest BCUT2D eigenvalue weighted by molar-refractivity contribution is 0.00578. The highest BCUT2D eigenvalue weighted by Gasteiger charge is 2.52. The van der Waals surface area contributed by atoms with Crippen LogP contribution in [0.5, 0.6) is 0 Å². The fourth-order valence-corrected chi connectivity index (χ4v) is 4.80. The average Bonchev–Trinajstić information content (AvgIpc) is 3.13. The van der Waals surface area contributed by atoms with Crippen LogP contribution in [0.4, 0.5) is 0 Å². The molecule has 32 heavy (non-hydrogen) atoms. The lowest BCUT2D eigenvalue weighted by Crippen LogP contribution is -2.41. The highest BCUT2D eigenvalue weighted by molar-refractivity contribution is 6.62. The number of hydrogen-bond acceptors (Lipinski definition) is 3. The molecule has 1 saturated heterocycles. The molecule has 0 radical (unpaired) electrons. The van der Waals surface area contributed by atoms with E-state index in [2.05, 4.69) is 84.0 Å². The van der Waals surface area contributed by atoms with Crippen LogP contribution in [-0.2, 0) is 14.7 Å². The largest absolute Gasteiger partial charge is 0.494 e. The summed E-state index contributed by atoms with van der Waals surface area (Å²) in [6.45, 7) is 12.9. The second kappa shape index (κ2) is 6.81. The zero-order valence-corrected chi connectivity index (χ0v) is 19.6. The first kappa shape index (κ1) is 21.0. The summed E-state index contributed by atoms with van der Waals surface area (Å²) in [7, 11) is -0.362. The maximum absolute atomic E-state index is 9.09. The molecule has 1 heterocycles. The third-order valence-corrected chi connectivity index (χ3v) is 7.57. The number of hydrogen-bond donors (Lipinski definition) is 0. The van der Waals surface area contributed by atoms with Crippen molar-refractivity contribution in [2.75, 3.05) is 0 Å². The zero-order chi connectivity index (χ0) is 22.9. The second-order valence-electron chi connectivity index (χ2n) is 10.5. The predicted octanol–water partition coefficient (Wildman–Crippen LogP) is 5.83. The van der Waals surface area contributed by atoms with Gasteiger partial charge in [0.05, 0.1) is 22.8 Å². The molecular weight excluding hydrogens is 393 g/mol. The summed E-state index contributed by atoms with van der Waals surface area (Å²) in [4.78, 5) is 0. The molecule has 3 nitrogen and oxygen atoms in total. The Bertz CT molecular complexity index is 1250. The van der Waals surface area contributed by atoms with Crippen LogP contribution >= 0.6 is 0 Å². The first-order valence-electron chi connectivity index (χ1n) is 11.2. The van der Waals surface area contributed by atoms with Gasteiger partial charge in [0.2, 0.25) is 0 Å². The molecule has 160 valence electrons. The normalized spacial score (nSPS) is 19.3. The van der Waals surface area contributed by atoms with Gasteiger partial charge in [-0.2, -0.15) is 5.26 Å². The highest BCUT2D eigenvalue weighted by Crippen LogP contribution is 2.49. The molecule has 1 aliphatic heterocycles. The lowest BCUT2D eigenvalue weighted by atomic mass is 9.74. The van der Waals surface area contributed by atoms with Crippen molar-refractivity contribution < 1.29 is 9.31 Å². The van der Waals surface area contributed by atoms with E-state index in [1.807, 2.05) is 24.3 Å². The van der Waals surface area contributed by atoms with Crippen LogP contribution in [0, 0.1) is 11.3 Å². The van der Waals surface area contributed by atoms with Crippen molar-refractivity contribution in [2.45, 2.75) is 58.2 Å². The zero-order valence-electron chi connectivity index (χ0n) is 19.6. The summed E-state index contributed by atoms with van der Waals surface area (Å²) in [5, 5.41) is 9.09. The molecule has 5 rings (SSSR count). The van der Waals surface area contributed by atoms with Crippen molar-refractivity contribution in [2.24, 2.45) is 0 Å². The first-order valence-corrected chi connectivity index (χ1v) is 11.2. The average molecular weight is 421 g/mol. The molecule has 0 aromatic heterocycles. The molecule has 0 spiro atoms. The summed E-state index contributed by atoms with van der Waals surface area (Å²) >= 11 is 0. The SMILES string of the molecule is CC1(C)c2cc(B3OC(C)(C)C(C)(C)O3)ccc2-c2ccc(-c3ccc(C#N)cc3)cc21. The number of rotatable bonds is 2. The van der Waals surface area contributed by atoms with Crippen molar-refractivity contribution in [1.29, 1.82) is 5.26 Å². The fraction of sp³-hybridized carbons (Fsp3) is 0.321. The highest BCUT2D eigenvalue weighted by atomic mass is 16.7. The van der Waals surface area contributed by atoms with E-state index >= 15 is 0 Å². The van der Waals surface area contributed by atoms with Crippen LogP contribution < -0.4 is 5.46 Å². The first-order chi connectivity index (χ1) is 15.0. The molecule has 3 aromatic rings. The smallest absolute Gasteiger partial charge is 0.399 e. The third-order valence-electron chi connectivity index (χ3n) is 7.57. The summed E-state index contributed by atoms with van der Waals surface area (Å²) in [5.41, 5.74) is 8.37. The van der Waals surface area contributed by atoms with Crippen molar-refractivity contribution in [1.82, 2.24) is 0 Å². The van der Waals surface area contributed by atoms with Gasteiger partial charge >= 0.3 is 7.12 Å². The van der Waals surface area contributed by atoms with Crippen LogP contribution in [0.1, 0.15) is 58.2 Å². The van der Waals surface area contributed by atoms with Gasteiger partial charge in [-0.15, -0.1) is 0 Å². The van der Waals surface area contributed by atoms with E-state index in [0.717, 1.165) is 11.0 Å². The summed E-state index contributed by atoms with van der Waals surface area (Å²) < 4.78 is 12.6. The van der Waals surface area contributed by atoms with Gasteiger partial charge in [0, 0.05) is 5.41 Å². The second-order valence-corrected chi connectivity index (χ2v) is 10.5. The number of nitriles is 1. The van der Waals surface area contributed by atoms with Gasteiger partial charge in [-0.25, -0.2) is 0 Å². The molecule has 0 unspecified atom stereocenters. The van der Waals surface area contributed by atoms with E-state index in [0.29, 0.717) is 5.56 Å². The lowest BCUT2D eigenvalue weighted by Gasteiger charge is -2.32. The summed E-state index contributed by atoms with van der Waals surface area (Å²) in [6, 6.07) is 23.3. The Labute approximate surface area is 191 Å². The van der Waals surface area contributed by atoms with Crippen LogP contribution in [0.15, 0.2) is 60.7 Å². The van der Waals surface area contributed by atoms with Gasteiger partial charge < -0.3 is 9.31 Å². The molecule has 0 atom stereocenters. The van der Waals surface area contributed by atoms with Gasteiger partial charge in [0.15, 0.2) is 0 Å². The molecule has 0 bridgehead atoms. The van der Waals surface area contributed by atoms with Gasteiger partial charge in [-0.3, -0.25) is 0 Å². The Morgan fingerprint density at radius 1 is 0.688 bits per heavy atom. The fourth-order valence-electron chi connectivity index (χ4n) is 4.80. The Hall–Kier alpha value is -2.87.